The number of aliphatic hydroxyl groups excluding tert-OH is 2. The quantitative estimate of drug-likeness (QED) is 0.475. The molecule has 0 bridgehead atoms. The minimum Gasteiger partial charge on any atom is -0.479 e. The Labute approximate surface area is 190 Å². The molecule has 0 heterocycles. The lowest BCUT2D eigenvalue weighted by molar-refractivity contribution is -0.154. The molecule has 3 rings (SSSR count). The van der Waals surface area contributed by atoms with Crippen molar-refractivity contribution < 1.29 is 24.9 Å². The van der Waals surface area contributed by atoms with E-state index in [1.165, 1.54) is 0 Å². The monoisotopic (exact) mass is 465 g/mol. The van der Waals surface area contributed by atoms with E-state index in [9.17, 15) is 19.8 Å². The zero-order valence-corrected chi connectivity index (χ0v) is 18.3. The van der Waals surface area contributed by atoms with E-state index in [-0.39, 0.29) is 18.2 Å². The molecule has 2 aromatic carbocycles. The predicted molar refractivity (Wildman–Crippen MR) is 119 cm³/mol. The van der Waals surface area contributed by atoms with Gasteiger partial charge in [0, 0.05) is 16.0 Å². The van der Waals surface area contributed by atoms with Gasteiger partial charge in [-0.3, -0.25) is 4.79 Å². The van der Waals surface area contributed by atoms with Gasteiger partial charge in [0.2, 0.25) is 5.91 Å². The molecule has 6 nitrogen and oxygen atoms in total. The van der Waals surface area contributed by atoms with Crippen LogP contribution >= 0.6 is 23.2 Å². The first-order chi connectivity index (χ1) is 14.7. The fraction of sp³-hybridized carbons (Fsp3) is 0.391. The van der Waals surface area contributed by atoms with Crippen LogP contribution in [-0.4, -0.2) is 45.4 Å². The Morgan fingerprint density at radius 3 is 2.10 bits per heavy atom. The van der Waals surface area contributed by atoms with E-state index in [2.05, 4.69) is 5.32 Å². The van der Waals surface area contributed by atoms with Crippen LogP contribution in [0.5, 0.6) is 0 Å². The summed E-state index contributed by atoms with van der Waals surface area (Å²) < 4.78 is 0. The second-order valence-electron chi connectivity index (χ2n) is 7.93. The van der Waals surface area contributed by atoms with Crippen LogP contribution < -0.4 is 5.32 Å². The number of carbonyl (C=O) groups is 2. The first-order valence-corrected chi connectivity index (χ1v) is 10.9. The standard InChI is InChI=1S/C23H25Cl2NO5/c24-17-10-16(11-18(25)12-17)14-7-5-13(6-8-14)9-19(20(27)21(28)23(30)31)26-22(29)15-3-1-2-4-15/h5-8,10-12,15,19-21,27-28H,1-4,9H2,(H,26,29)(H,30,31). The average Bonchev–Trinajstić information content (AvgIpc) is 3.27. The van der Waals surface area contributed by atoms with E-state index in [1.54, 1.807) is 18.2 Å². The number of carboxylic acids is 1. The maximum atomic E-state index is 12.6. The molecule has 166 valence electrons. The van der Waals surface area contributed by atoms with Gasteiger partial charge < -0.3 is 20.6 Å². The van der Waals surface area contributed by atoms with Crippen LogP contribution in [-0.2, 0) is 16.0 Å². The molecule has 0 aliphatic heterocycles. The molecule has 0 spiro atoms. The number of aliphatic hydroxyl groups is 2. The van der Waals surface area contributed by atoms with Gasteiger partial charge in [-0.2, -0.15) is 0 Å². The zero-order valence-electron chi connectivity index (χ0n) is 16.8. The van der Waals surface area contributed by atoms with Crippen LogP contribution in [0.15, 0.2) is 42.5 Å². The summed E-state index contributed by atoms with van der Waals surface area (Å²) in [6.07, 6.45) is 0.00691. The van der Waals surface area contributed by atoms with Gasteiger partial charge in [-0.05, 0) is 54.2 Å². The Morgan fingerprint density at radius 1 is 0.968 bits per heavy atom. The molecular formula is C23H25Cl2NO5. The maximum absolute atomic E-state index is 12.6. The number of amides is 1. The predicted octanol–water partition coefficient (Wildman–Crippen LogP) is 3.68. The Hall–Kier alpha value is -2.12. The molecule has 31 heavy (non-hydrogen) atoms. The molecule has 1 aliphatic rings. The highest BCUT2D eigenvalue weighted by molar-refractivity contribution is 6.35. The van der Waals surface area contributed by atoms with Crippen LogP contribution in [0.1, 0.15) is 31.2 Å². The molecule has 2 aromatic rings. The highest BCUT2D eigenvalue weighted by Crippen LogP contribution is 2.28. The van der Waals surface area contributed by atoms with Crippen LogP contribution in [0.3, 0.4) is 0 Å². The number of nitrogens with one attached hydrogen (secondary N) is 1. The normalized spacial score (nSPS) is 17.2. The summed E-state index contributed by atoms with van der Waals surface area (Å²) >= 11 is 12.1. The molecular weight excluding hydrogens is 441 g/mol. The van der Waals surface area contributed by atoms with Crippen LogP contribution in [0.25, 0.3) is 11.1 Å². The van der Waals surface area contributed by atoms with Gasteiger partial charge in [-0.1, -0.05) is 60.3 Å². The number of aliphatic carboxylic acids is 1. The molecule has 4 N–H and O–H groups in total. The molecule has 8 heteroatoms. The summed E-state index contributed by atoms with van der Waals surface area (Å²) in [5, 5.41) is 33.1. The van der Waals surface area contributed by atoms with Gasteiger partial charge in [0.15, 0.2) is 6.10 Å². The van der Waals surface area contributed by atoms with Crippen molar-refractivity contribution in [3.63, 3.8) is 0 Å². The van der Waals surface area contributed by atoms with E-state index in [0.29, 0.717) is 10.0 Å². The minimum absolute atomic E-state index is 0.147. The lowest BCUT2D eigenvalue weighted by Gasteiger charge is -2.27. The van der Waals surface area contributed by atoms with E-state index < -0.39 is 24.2 Å². The van der Waals surface area contributed by atoms with E-state index in [4.69, 9.17) is 28.3 Å². The first kappa shape index (κ1) is 23.5. The fourth-order valence-electron chi connectivity index (χ4n) is 3.92. The Bertz CT molecular complexity index is 908. The molecule has 0 radical (unpaired) electrons. The SMILES string of the molecule is O=C(NC(Cc1ccc(-c2cc(Cl)cc(Cl)c2)cc1)C(O)C(O)C(=O)O)C1CCCC1. The van der Waals surface area contributed by atoms with Gasteiger partial charge in [0.1, 0.15) is 6.10 Å². The van der Waals surface area contributed by atoms with E-state index in [1.807, 2.05) is 24.3 Å². The topological polar surface area (TPSA) is 107 Å². The van der Waals surface area contributed by atoms with E-state index >= 15 is 0 Å². The van der Waals surface area contributed by atoms with Gasteiger partial charge >= 0.3 is 5.97 Å². The summed E-state index contributed by atoms with van der Waals surface area (Å²) in [7, 11) is 0. The minimum atomic E-state index is -2.00. The van der Waals surface area contributed by atoms with Gasteiger partial charge in [-0.25, -0.2) is 4.79 Å². The van der Waals surface area contributed by atoms with Crippen molar-refractivity contribution in [1.29, 1.82) is 0 Å². The van der Waals surface area contributed by atoms with Crippen molar-refractivity contribution in [3.05, 3.63) is 58.1 Å². The maximum Gasteiger partial charge on any atom is 0.335 e. The largest absolute Gasteiger partial charge is 0.479 e. The van der Waals surface area contributed by atoms with Crippen molar-refractivity contribution in [2.45, 2.75) is 50.4 Å². The molecule has 0 saturated heterocycles. The third-order valence-corrected chi connectivity index (χ3v) is 6.08. The molecule has 0 aromatic heterocycles. The van der Waals surface area contributed by atoms with Crippen molar-refractivity contribution in [2.24, 2.45) is 5.92 Å². The number of rotatable bonds is 8. The summed E-state index contributed by atoms with van der Waals surface area (Å²) in [5.41, 5.74) is 2.49. The van der Waals surface area contributed by atoms with Crippen LogP contribution in [0.2, 0.25) is 10.0 Å². The van der Waals surface area contributed by atoms with Crippen LogP contribution in [0.4, 0.5) is 0 Å². The molecule has 1 saturated carbocycles. The smallest absolute Gasteiger partial charge is 0.335 e. The second kappa shape index (κ2) is 10.5. The third-order valence-electron chi connectivity index (χ3n) is 5.65. The molecule has 3 unspecified atom stereocenters. The Balaban J connectivity index is 1.77. The number of carbonyl (C=O) groups excluding carboxylic acids is 1. The highest BCUT2D eigenvalue weighted by Gasteiger charge is 2.34. The lowest BCUT2D eigenvalue weighted by Crippen LogP contribution is -2.53. The molecule has 1 fully saturated rings. The van der Waals surface area contributed by atoms with Crippen molar-refractivity contribution in [2.75, 3.05) is 0 Å². The fourth-order valence-corrected chi connectivity index (χ4v) is 4.45. The number of hydrogen-bond donors (Lipinski definition) is 4. The van der Waals surface area contributed by atoms with Crippen molar-refractivity contribution in [3.8, 4) is 11.1 Å². The first-order valence-electron chi connectivity index (χ1n) is 10.2. The highest BCUT2D eigenvalue weighted by atomic mass is 35.5. The number of hydrogen-bond acceptors (Lipinski definition) is 4. The summed E-state index contributed by atoms with van der Waals surface area (Å²) in [4.78, 5) is 23.7. The summed E-state index contributed by atoms with van der Waals surface area (Å²) in [6, 6.07) is 11.6. The number of benzene rings is 2. The average molecular weight is 466 g/mol. The lowest BCUT2D eigenvalue weighted by atomic mass is 9.95. The third kappa shape index (κ3) is 6.20. The molecule has 1 aliphatic carbocycles. The second-order valence-corrected chi connectivity index (χ2v) is 8.80. The van der Waals surface area contributed by atoms with Gasteiger partial charge in [-0.15, -0.1) is 0 Å². The van der Waals surface area contributed by atoms with Crippen molar-refractivity contribution >= 4 is 35.1 Å². The van der Waals surface area contributed by atoms with Crippen molar-refractivity contribution in [1.82, 2.24) is 5.32 Å². The molecule has 1 amide bonds. The Kier molecular flexibility index (Phi) is 7.94. The number of carboxylic acid groups (broad SMARTS) is 1. The summed E-state index contributed by atoms with van der Waals surface area (Å²) in [5.74, 6) is -1.91. The summed E-state index contributed by atoms with van der Waals surface area (Å²) in [6.45, 7) is 0. The molecule has 3 atom stereocenters. The van der Waals surface area contributed by atoms with Gasteiger partial charge in [0.05, 0.1) is 6.04 Å². The Morgan fingerprint density at radius 2 is 1.55 bits per heavy atom. The van der Waals surface area contributed by atoms with E-state index in [0.717, 1.165) is 42.4 Å². The zero-order chi connectivity index (χ0) is 22.5. The van der Waals surface area contributed by atoms with Crippen LogP contribution in [0, 0.1) is 5.92 Å². The van der Waals surface area contributed by atoms with Gasteiger partial charge in [0.25, 0.3) is 0 Å². The number of halogens is 2.